The second kappa shape index (κ2) is 10.5. The Kier molecular flexibility index (Phi) is 7.72. The Balaban J connectivity index is 1.49. The van der Waals surface area contributed by atoms with Crippen LogP contribution < -0.4 is 10.6 Å². The van der Waals surface area contributed by atoms with Crippen LogP contribution >= 0.6 is 11.8 Å². The van der Waals surface area contributed by atoms with Crippen LogP contribution in [0.2, 0.25) is 0 Å². The van der Waals surface area contributed by atoms with Crippen molar-refractivity contribution in [2.75, 3.05) is 25.4 Å². The largest absolute Gasteiger partial charge is 0.355 e. The molecule has 2 aromatic rings. The Labute approximate surface area is 177 Å². The number of hydrogen-bond acceptors (Lipinski definition) is 4. The first-order valence-corrected chi connectivity index (χ1v) is 11.0. The summed E-state index contributed by atoms with van der Waals surface area (Å²) in [5.41, 5.74) is 3.64. The molecule has 5 nitrogen and oxygen atoms in total. The molecule has 1 heterocycles. The molecule has 2 amide bonds. The summed E-state index contributed by atoms with van der Waals surface area (Å²) in [7, 11) is 0. The Morgan fingerprint density at radius 1 is 1.17 bits per heavy atom. The molecule has 0 aliphatic carbocycles. The van der Waals surface area contributed by atoms with Gasteiger partial charge in [0.2, 0.25) is 11.8 Å². The van der Waals surface area contributed by atoms with E-state index < -0.39 is 6.04 Å². The number of thioether (sulfide) groups is 1. The fourth-order valence-corrected chi connectivity index (χ4v) is 4.19. The molecule has 29 heavy (non-hydrogen) atoms. The molecule has 0 aromatic heterocycles. The zero-order valence-corrected chi connectivity index (χ0v) is 17.9. The van der Waals surface area contributed by atoms with Crippen LogP contribution in [0.5, 0.6) is 0 Å². The zero-order valence-electron chi connectivity index (χ0n) is 17.1. The Hall–Kier alpha value is -2.31. The fraction of sp³-hybridized carbons (Fsp3) is 0.391. The lowest BCUT2D eigenvalue weighted by atomic mass is 10.0. The number of nitrogens with zero attached hydrogens (tertiary/aromatic N) is 1. The van der Waals surface area contributed by atoms with E-state index in [2.05, 4.69) is 65.8 Å². The highest BCUT2D eigenvalue weighted by molar-refractivity contribution is 7.99. The van der Waals surface area contributed by atoms with E-state index in [9.17, 15) is 9.59 Å². The summed E-state index contributed by atoms with van der Waals surface area (Å²) in [6.45, 7) is 6.79. The molecule has 2 N–H and O–H groups in total. The number of nitrogens with one attached hydrogen (secondary N) is 2. The van der Waals surface area contributed by atoms with Crippen LogP contribution in [0.1, 0.15) is 23.1 Å². The van der Waals surface area contributed by atoms with E-state index >= 15 is 0 Å². The molecule has 0 saturated carbocycles. The average Bonchev–Trinajstić information content (AvgIpc) is 2.71. The number of aryl methyl sites for hydroxylation is 2. The van der Waals surface area contributed by atoms with Crippen molar-refractivity contribution in [3.63, 3.8) is 0 Å². The maximum atomic E-state index is 12.5. The highest BCUT2D eigenvalue weighted by atomic mass is 32.2. The third-order valence-electron chi connectivity index (χ3n) is 5.17. The third-order valence-corrected chi connectivity index (χ3v) is 6.18. The number of benzene rings is 2. The molecule has 3 rings (SSSR count). The van der Waals surface area contributed by atoms with Crippen molar-refractivity contribution in [3.8, 4) is 0 Å². The molecule has 2 aromatic carbocycles. The molecule has 1 aliphatic heterocycles. The third kappa shape index (κ3) is 6.34. The van der Waals surface area contributed by atoms with Gasteiger partial charge in [0.15, 0.2) is 0 Å². The molecule has 0 unspecified atom stereocenters. The van der Waals surface area contributed by atoms with E-state index in [0.717, 1.165) is 12.3 Å². The monoisotopic (exact) mass is 411 g/mol. The van der Waals surface area contributed by atoms with Crippen LogP contribution in [0.4, 0.5) is 0 Å². The quantitative estimate of drug-likeness (QED) is 0.518. The van der Waals surface area contributed by atoms with Crippen LogP contribution in [0.25, 0.3) is 0 Å². The Morgan fingerprint density at radius 3 is 2.69 bits per heavy atom. The van der Waals surface area contributed by atoms with Gasteiger partial charge >= 0.3 is 0 Å². The molecule has 1 fully saturated rings. The van der Waals surface area contributed by atoms with Crippen molar-refractivity contribution in [2.24, 2.45) is 0 Å². The number of carbonyl (C=O) groups excluding carboxylic acids is 2. The van der Waals surface area contributed by atoms with Crippen LogP contribution in [-0.2, 0) is 16.1 Å². The SMILES string of the molecule is Cc1ccc(SCCNC(=O)C[C@H]2C(=O)NCCN2Cc2ccccc2C)cc1. The molecular weight excluding hydrogens is 382 g/mol. The van der Waals surface area contributed by atoms with E-state index in [4.69, 9.17) is 0 Å². The Morgan fingerprint density at radius 2 is 1.93 bits per heavy atom. The van der Waals surface area contributed by atoms with Gasteiger partial charge in [0.25, 0.3) is 0 Å². The minimum atomic E-state index is -0.423. The van der Waals surface area contributed by atoms with Gasteiger partial charge in [0, 0.05) is 36.8 Å². The number of rotatable bonds is 8. The van der Waals surface area contributed by atoms with E-state index in [1.807, 2.05) is 12.1 Å². The topological polar surface area (TPSA) is 61.4 Å². The molecule has 1 saturated heterocycles. The predicted molar refractivity (Wildman–Crippen MR) is 118 cm³/mol. The maximum Gasteiger partial charge on any atom is 0.237 e. The fourth-order valence-electron chi connectivity index (χ4n) is 3.42. The van der Waals surface area contributed by atoms with Crippen molar-refractivity contribution in [2.45, 2.75) is 37.8 Å². The van der Waals surface area contributed by atoms with Gasteiger partial charge in [0.1, 0.15) is 0 Å². The molecule has 0 bridgehead atoms. The van der Waals surface area contributed by atoms with Gasteiger partial charge in [-0.2, -0.15) is 0 Å². The smallest absolute Gasteiger partial charge is 0.237 e. The van der Waals surface area contributed by atoms with Gasteiger partial charge in [0.05, 0.1) is 12.5 Å². The molecule has 6 heteroatoms. The van der Waals surface area contributed by atoms with Crippen molar-refractivity contribution in [1.82, 2.24) is 15.5 Å². The molecule has 1 atom stereocenters. The number of piperazine rings is 1. The van der Waals surface area contributed by atoms with Crippen molar-refractivity contribution in [1.29, 1.82) is 0 Å². The van der Waals surface area contributed by atoms with E-state index in [-0.39, 0.29) is 18.2 Å². The van der Waals surface area contributed by atoms with E-state index in [1.165, 1.54) is 21.6 Å². The van der Waals surface area contributed by atoms with Gasteiger partial charge in [-0.05, 0) is 37.1 Å². The summed E-state index contributed by atoms with van der Waals surface area (Å²) in [4.78, 5) is 28.2. The van der Waals surface area contributed by atoms with Gasteiger partial charge in [-0.15, -0.1) is 11.8 Å². The standard InChI is InChI=1S/C23H29N3O2S/c1-17-7-9-20(10-8-17)29-14-12-24-22(27)15-21-23(28)25-11-13-26(21)16-19-6-4-3-5-18(19)2/h3-10,21H,11-16H2,1-2H3,(H,24,27)(H,25,28)/t21-/m0/s1. The van der Waals surface area contributed by atoms with Gasteiger partial charge in [-0.1, -0.05) is 42.0 Å². The summed E-state index contributed by atoms with van der Waals surface area (Å²) in [6, 6.07) is 16.1. The lowest BCUT2D eigenvalue weighted by Crippen LogP contribution is -2.56. The predicted octanol–water partition coefficient (Wildman–Crippen LogP) is 2.90. The van der Waals surface area contributed by atoms with Crippen molar-refractivity contribution < 1.29 is 9.59 Å². The van der Waals surface area contributed by atoms with Crippen LogP contribution in [0.15, 0.2) is 53.4 Å². The number of carbonyl (C=O) groups is 2. The highest BCUT2D eigenvalue weighted by Gasteiger charge is 2.31. The summed E-state index contributed by atoms with van der Waals surface area (Å²) < 4.78 is 0. The molecule has 154 valence electrons. The minimum Gasteiger partial charge on any atom is -0.355 e. The van der Waals surface area contributed by atoms with Crippen molar-refractivity contribution in [3.05, 3.63) is 65.2 Å². The van der Waals surface area contributed by atoms with Gasteiger partial charge in [-0.25, -0.2) is 0 Å². The second-order valence-corrected chi connectivity index (χ2v) is 8.59. The van der Waals surface area contributed by atoms with Gasteiger partial charge in [-0.3, -0.25) is 14.5 Å². The molecule has 0 radical (unpaired) electrons. The van der Waals surface area contributed by atoms with Crippen LogP contribution in [-0.4, -0.2) is 48.1 Å². The normalized spacial score (nSPS) is 17.0. The van der Waals surface area contributed by atoms with Gasteiger partial charge < -0.3 is 10.6 Å². The van der Waals surface area contributed by atoms with Crippen molar-refractivity contribution >= 4 is 23.6 Å². The summed E-state index contributed by atoms with van der Waals surface area (Å²) >= 11 is 1.72. The van der Waals surface area contributed by atoms with Crippen LogP contribution in [0, 0.1) is 13.8 Å². The minimum absolute atomic E-state index is 0.0611. The highest BCUT2D eigenvalue weighted by Crippen LogP contribution is 2.18. The molecule has 1 aliphatic rings. The molecular formula is C23H29N3O2S. The summed E-state index contributed by atoms with van der Waals surface area (Å²) in [6.07, 6.45) is 0.187. The number of hydrogen-bond donors (Lipinski definition) is 2. The number of amides is 2. The first-order valence-electron chi connectivity index (χ1n) is 10.1. The second-order valence-electron chi connectivity index (χ2n) is 7.42. The lowest BCUT2D eigenvalue weighted by molar-refractivity contribution is -0.134. The summed E-state index contributed by atoms with van der Waals surface area (Å²) in [5, 5.41) is 5.86. The first kappa shape index (κ1) is 21.4. The molecule has 0 spiro atoms. The Bertz CT molecular complexity index is 838. The van der Waals surface area contributed by atoms with Crippen LogP contribution in [0.3, 0.4) is 0 Å². The lowest BCUT2D eigenvalue weighted by Gasteiger charge is -2.35. The summed E-state index contributed by atoms with van der Waals surface area (Å²) in [5.74, 6) is 0.666. The zero-order chi connectivity index (χ0) is 20.6. The van der Waals surface area contributed by atoms with E-state index in [0.29, 0.717) is 19.6 Å². The average molecular weight is 412 g/mol. The maximum absolute atomic E-state index is 12.5. The van der Waals surface area contributed by atoms with E-state index in [1.54, 1.807) is 11.8 Å². The first-order chi connectivity index (χ1) is 14.0.